The van der Waals surface area contributed by atoms with Crippen LogP contribution in [0.25, 0.3) is 5.52 Å². The summed E-state index contributed by atoms with van der Waals surface area (Å²) in [5, 5.41) is 7.40. The van der Waals surface area contributed by atoms with Gasteiger partial charge in [0.25, 0.3) is 5.91 Å². The molecular weight excluding hydrogens is 358 g/mol. The lowest BCUT2D eigenvalue weighted by molar-refractivity contribution is -0.118. The average Bonchev–Trinajstić information content (AvgIpc) is 3.05. The topological polar surface area (TPSA) is 81.9 Å². The third-order valence-electron chi connectivity index (χ3n) is 3.48. The van der Waals surface area contributed by atoms with Gasteiger partial charge in [0.05, 0.1) is 18.3 Å². The number of carbonyl (C=O) groups is 2. The van der Waals surface area contributed by atoms with E-state index in [1.54, 1.807) is 49.5 Å². The highest BCUT2D eigenvalue weighted by atomic mass is 35.5. The molecule has 0 fully saturated rings. The van der Waals surface area contributed by atoms with Gasteiger partial charge in [0, 0.05) is 16.9 Å². The molecule has 8 heteroatoms. The fraction of sp³-hybridized carbons (Fsp3) is 0.167. The van der Waals surface area contributed by atoms with E-state index in [1.807, 2.05) is 0 Å². The summed E-state index contributed by atoms with van der Waals surface area (Å²) in [7, 11) is 0. The monoisotopic (exact) mass is 373 g/mol. The molecule has 2 heterocycles. The Morgan fingerprint density at radius 3 is 2.73 bits per heavy atom. The first-order chi connectivity index (χ1) is 12.6. The van der Waals surface area contributed by atoms with Crippen LogP contribution >= 0.6 is 11.6 Å². The molecule has 3 aromatic rings. The van der Waals surface area contributed by atoms with E-state index in [4.69, 9.17) is 21.1 Å². The standard InChI is InChI=1S/C18H16ClN3O4/c1-2-25-18(24)15-10-20-22-8-7-13(9-16(15)22)21-17(23)11-26-14-5-3-12(19)4-6-14/h3-10H,2,11H2,1H3,(H,21,23). The molecule has 3 rings (SSSR count). The van der Waals surface area contributed by atoms with E-state index < -0.39 is 5.97 Å². The second kappa shape index (κ2) is 7.88. The molecule has 26 heavy (non-hydrogen) atoms. The van der Waals surface area contributed by atoms with Crippen LogP contribution in [0.3, 0.4) is 0 Å². The van der Waals surface area contributed by atoms with E-state index in [0.29, 0.717) is 27.5 Å². The zero-order chi connectivity index (χ0) is 18.5. The van der Waals surface area contributed by atoms with Gasteiger partial charge in [-0.2, -0.15) is 5.10 Å². The molecule has 0 unspecified atom stereocenters. The van der Waals surface area contributed by atoms with Crippen LogP contribution in [-0.2, 0) is 9.53 Å². The molecule has 0 saturated carbocycles. The molecule has 0 atom stereocenters. The van der Waals surface area contributed by atoms with Crippen LogP contribution in [0.2, 0.25) is 5.02 Å². The zero-order valence-corrected chi connectivity index (χ0v) is 14.7. The molecule has 1 N–H and O–H groups in total. The first-order valence-corrected chi connectivity index (χ1v) is 8.27. The lowest BCUT2D eigenvalue weighted by atomic mass is 10.2. The number of pyridine rings is 1. The van der Waals surface area contributed by atoms with Crippen molar-refractivity contribution in [2.45, 2.75) is 6.92 Å². The quantitative estimate of drug-likeness (QED) is 0.671. The van der Waals surface area contributed by atoms with Gasteiger partial charge in [-0.1, -0.05) is 11.6 Å². The molecule has 1 aromatic carbocycles. The van der Waals surface area contributed by atoms with Gasteiger partial charge in [0.15, 0.2) is 6.61 Å². The Morgan fingerprint density at radius 1 is 1.23 bits per heavy atom. The highest BCUT2D eigenvalue weighted by molar-refractivity contribution is 6.30. The van der Waals surface area contributed by atoms with E-state index in [9.17, 15) is 9.59 Å². The van der Waals surface area contributed by atoms with Crippen LogP contribution in [0.15, 0.2) is 48.8 Å². The Labute approximate surface area is 154 Å². The van der Waals surface area contributed by atoms with Crippen molar-refractivity contribution >= 4 is 34.7 Å². The number of anilines is 1. The van der Waals surface area contributed by atoms with Gasteiger partial charge in [-0.25, -0.2) is 9.31 Å². The normalized spacial score (nSPS) is 10.5. The molecule has 0 aliphatic carbocycles. The number of halogens is 1. The third-order valence-corrected chi connectivity index (χ3v) is 3.74. The van der Waals surface area contributed by atoms with E-state index >= 15 is 0 Å². The SMILES string of the molecule is CCOC(=O)c1cnn2ccc(NC(=O)COc3ccc(Cl)cc3)cc12. The molecule has 0 saturated heterocycles. The van der Waals surface area contributed by atoms with Crippen LogP contribution in [0.5, 0.6) is 5.75 Å². The number of nitrogens with one attached hydrogen (secondary N) is 1. The number of hydrogen-bond donors (Lipinski definition) is 1. The van der Waals surface area contributed by atoms with Crippen molar-refractivity contribution in [2.24, 2.45) is 0 Å². The number of aromatic nitrogens is 2. The largest absolute Gasteiger partial charge is 0.484 e. The maximum Gasteiger partial charge on any atom is 0.341 e. The minimum absolute atomic E-state index is 0.156. The number of esters is 1. The van der Waals surface area contributed by atoms with Crippen molar-refractivity contribution in [3.8, 4) is 5.75 Å². The number of nitrogens with zero attached hydrogens (tertiary/aromatic N) is 2. The minimum Gasteiger partial charge on any atom is -0.484 e. The van der Waals surface area contributed by atoms with Gasteiger partial charge in [0.1, 0.15) is 11.3 Å². The third kappa shape index (κ3) is 4.12. The Kier molecular flexibility index (Phi) is 5.38. The number of hydrogen-bond acceptors (Lipinski definition) is 5. The Hall–Kier alpha value is -3.06. The van der Waals surface area contributed by atoms with Crippen molar-refractivity contribution in [1.82, 2.24) is 9.61 Å². The highest BCUT2D eigenvalue weighted by Crippen LogP contribution is 2.18. The zero-order valence-electron chi connectivity index (χ0n) is 13.9. The first-order valence-electron chi connectivity index (χ1n) is 7.89. The van der Waals surface area contributed by atoms with Crippen LogP contribution in [-0.4, -0.2) is 34.7 Å². The average molecular weight is 374 g/mol. The van der Waals surface area contributed by atoms with Crippen molar-refractivity contribution in [2.75, 3.05) is 18.5 Å². The van der Waals surface area contributed by atoms with Crippen molar-refractivity contribution in [3.05, 3.63) is 59.4 Å². The molecule has 0 spiro atoms. The summed E-state index contributed by atoms with van der Waals surface area (Å²) in [6.45, 7) is 1.85. The van der Waals surface area contributed by atoms with Gasteiger partial charge in [-0.3, -0.25) is 4.79 Å². The van der Waals surface area contributed by atoms with Crippen LogP contribution in [0.4, 0.5) is 5.69 Å². The van der Waals surface area contributed by atoms with E-state index in [0.717, 1.165) is 0 Å². The lowest BCUT2D eigenvalue weighted by Crippen LogP contribution is -2.20. The smallest absolute Gasteiger partial charge is 0.341 e. The number of amides is 1. The summed E-state index contributed by atoms with van der Waals surface area (Å²) in [4.78, 5) is 24.0. The second-order valence-corrected chi connectivity index (χ2v) is 5.75. The van der Waals surface area contributed by atoms with Crippen molar-refractivity contribution in [1.29, 1.82) is 0 Å². The van der Waals surface area contributed by atoms with Gasteiger partial charge < -0.3 is 14.8 Å². The lowest BCUT2D eigenvalue weighted by Gasteiger charge is -2.08. The summed E-state index contributed by atoms with van der Waals surface area (Å²) in [6.07, 6.45) is 3.08. The summed E-state index contributed by atoms with van der Waals surface area (Å²) in [5.74, 6) is -0.251. The maximum absolute atomic E-state index is 12.1. The predicted octanol–water partition coefficient (Wildman–Crippen LogP) is 3.18. The molecular formula is C18H16ClN3O4. The van der Waals surface area contributed by atoms with Gasteiger partial charge in [-0.05, 0) is 43.3 Å². The van der Waals surface area contributed by atoms with Gasteiger partial charge in [0.2, 0.25) is 0 Å². The molecule has 0 aliphatic rings. The first kappa shape index (κ1) is 17.8. The number of ether oxygens (including phenoxy) is 2. The van der Waals surface area contributed by atoms with E-state index in [1.165, 1.54) is 10.7 Å². The summed E-state index contributed by atoms with van der Waals surface area (Å²) in [5.41, 5.74) is 1.40. The van der Waals surface area contributed by atoms with Gasteiger partial charge in [-0.15, -0.1) is 0 Å². The Morgan fingerprint density at radius 2 is 2.00 bits per heavy atom. The Balaban J connectivity index is 1.67. The number of fused-ring (bicyclic) bond motifs is 1. The molecule has 1 amide bonds. The highest BCUT2D eigenvalue weighted by Gasteiger charge is 2.14. The fourth-order valence-corrected chi connectivity index (χ4v) is 2.43. The minimum atomic E-state index is -0.461. The molecule has 7 nitrogen and oxygen atoms in total. The predicted molar refractivity (Wildman–Crippen MR) is 96.7 cm³/mol. The molecule has 0 bridgehead atoms. The number of benzene rings is 1. The van der Waals surface area contributed by atoms with Crippen molar-refractivity contribution < 1.29 is 19.1 Å². The Bertz CT molecular complexity index is 937. The molecule has 2 aromatic heterocycles. The maximum atomic E-state index is 12.1. The summed E-state index contributed by atoms with van der Waals surface area (Å²) in [6, 6.07) is 10.0. The molecule has 0 radical (unpaired) electrons. The summed E-state index contributed by atoms with van der Waals surface area (Å²) < 4.78 is 11.9. The second-order valence-electron chi connectivity index (χ2n) is 5.31. The summed E-state index contributed by atoms with van der Waals surface area (Å²) >= 11 is 5.80. The number of rotatable bonds is 6. The van der Waals surface area contributed by atoms with E-state index in [-0.39, 0.29) is 19.1 Å². The van der Waals surface area contributed by atoms with E-state index in [2.05, 4.69) is 10.4 Å². The van der Waals surface area contributed by atoms with Gasteiger partial charge >= 0.3 is 5.97 Å². The number of carbonyl (C=O) groups excluding carboxylic acids is 2. The van der Waals surface area contributed by atoms with Crippen LogP contribution in [0, 0.1) is 0 Å². The van der Waals surface area contributed by atoms with Crippen LogP contribution in [0.1, 0.15) is 17.3 Å². The molecule has 134 valence electrons. The van der Waals surface area contributed by atoms with Crippen molar-refractivity contribution in [3.63, 3.8) is 0 Å². The fourth-order valence-electron chi connectivity index (χ4n) is 2.30. The molecule has 0 aliphatic heterocycles. The van der Waals surface area contributed by atoms with Crippen LogP contribution < -0.4 is 10.1 Å².